The van der Waals surface area contributed by atoms with E-state index in [1.807, 2.05) is 66.7 Å². The Labute approximate surface area is 159 Å². The maximum absolute atomic E-state index is 11.5. The molecule has 1 aliphatic rings. The summed E-state index contributed by atoms with van der Waals surface area (Å²) in [5, 5.41) is 24.8. The summed E-state index contributed by atoms with van der Waals surface area (Å²) in [6.07, 6.45) is -0.344. The predicted octanol–water partition coefficient (Wildman–Crippen LogP) is 4.28. The van der Waals surface area contributed by atoms with Gasteiger partial charge in [0, 0.05) is 20.0 Å². The van der Waals surface area contributed by atoms with Crippen molar-refractivity contribution in [2.75, 3.05) is 7.11 Å². The minimum absolute atomic E-state index is 0.249. The molecule has 0 bridgehead atoms. The van der Waals surface area contributed by atoms with Crippen molar-refractivity contribution in [2.24, 2.45) is 0 Å². The Morgan fingerprint density at radius 2 is 1.59 bits per heavy atom. The van der Waals surface area contributed by atoms with Crippen molar-refractivity contribution in [1.82, 2.24) is 0 Å². The Balaban J connectivity index is 1.86. The maximum Gasteiger partial charge on any atom is 0.125 e. The lowest BCUT2D eigenvalue weighted by Gasteiger charge is -2.49. The topological polar surface area (TPSA) is 49.7 Å². The Hall–Kier alpha value is -2.46. The number of rotatable bonds is 3. The highest BCUT2D eigenvalue weighted by Gasteiger charge is 2.53. The molecule has 0 radical (unpaired) electrons. The van der Waals surface area contributed by atoms with Crippen molar-refractivity contribution < 1.29 is 14.9 Å². The first-order valence-electron chi connectivity index (χ1n) is 9.17. The van der Waals surface area contributed by atoms with E-state index in [4.69, 9.17) is 4.74 Å². The molecular weight excluding hydrogens is 336 g/mol. The van der Waals surface area contributed by atoms with Gasteiger partial charge < -0.3 is 14.9 Å². The van der Waals surface area contributed by atoms with Crippen molar-refractivity contribution in [3.05, 3.63) is 96.1 Å². The fourth-order valence-corrected chi connectivity index (χ4v) is 4.36. The van der Waals surface area contributed by atoms with Crippen LogP contribution in [0.1, 0.15) is 24.0 Å². The zero-order chi connectivity index (χ0) is 19.1. The van der Waals surface area contributed by atoms with Gasteiger partial charge in [-0.05, 0) is 33.5 Å². The molecule has 27 heavy (non-hydrogen) atoms. The van der Waals surface area contributed by atoms with Gasteiger partial charge in [-0.3, -0.25) is 0 Å². The third kappa shape index (κ3) is 2.88. The third-order valence-corrected chi connectivity index (χ3v) is 5.82. The number of methoxy groups -OCH3 is 1. The summed E-state index contributed by atoms with van der Waals surface area (Å²) in [6.45, 7) is 4.06. The first kappa shape index (κ1) is 17.9. The summed E-state index contributed by atoms with van der Waals surface area (Å²) in [5.41, 5.74) is -0.00214. The van der Waals surface area contributed by atoms with Crippen LogP contribution in [0.4, 0.5) is 0 Å². The normalized spacial score (nSPS) is 28.4. The lowest BCUT2D eigenvalue weighted by molar-refractivity contribution is -0.165. The highest BCUT2D eigenvalue weighted by Crippen LogP contribution is 2.50. The molecule has 4 rings (SSSR count). The van der Waals surface area contributed by atoms with Gasteiger partial charge in [0.1, 0.15) is 11.7 Å². The summed E-state index contributed by atoms with van der Waals surface area (Å²) < 4.78 is 5.94. The second-order valence-corrected chi connectivity index (χ2v) is 7.47. The van der Waals surface area contributed by atoms with E-state index >= 15 is 0 Å². The number of aliphatic hydroxyl groups is 2. The summed E-state index contributed by atoms with van der Waals surface area (Å²) in [6, 6.07) is 23.7. The largest absolute Gasteiger partial charge is 0.385 e. The Morgan fingerprint density at radius 1 is 0.926 bits per heavy atom. The lowest BCUT2D eigenvalue weighted by atomic mass is 9.66. The van der Waals surface area contributed by atoms with E-state index < -0.39 is 17.3 Å². The van der Waals surface area contributed by atoms with Crippen LogP contribution >= 0.6 is 0 Å². The van der Waals surface area contributed by atoms with E-state index in [9.17, 15) is 10.2 Å². The van der Waals surface area contributed by atoms with Gasteiger partial charge in [-0.15, -0.1) is 0 Å². The fourth-order valence-electron chi connectivity index (χ4n) is 4.36. The quantitative estimate of drug-likeness (QED) is 0.686. The average molecular weight is 360 g/mol. The second-order valence-electron chi connectivity index (χ2n) is 7.47. The monoisotopic (exact) mass is 360 g/mol. The molecule has 3 aromatic rings. The smallest absolute Gasteiger partial charge is 0.125 e. The van der Waals surface area contributed by atoms with Crippen molar-refractivity contribution in [3.63, 3.8) is 0 Å². The van der Waals surface area contributed by atoms with Crippen LogP contribution in [0.3, 0.4) is 0 Å². The minimum Gasteiger partial charge on any atom is -0.385 e. The number of ether oxygens (including phenoxy) is 1. The van der Waals surface area contributed by atoms with Crippen LogP contribution in [0.25, 0.3) is 10.8 Å². The molecule has 1 aliphatic carbocycles. The van der Waals surface area contributed by atoms with E-state index in [-0.39, 0.29) is 6.42 Å². The van der Waals surface area contributed by atoms with E-state index in [0.29, 0.717) is 12.0 Å². The average Bonchev–Trinajstić information content (AvgIpc) is 2.71. The van der Waals surface area contributed by atoms with E-state index in [1.54, 1.807) is 7.11 Å². The summed E-state index contributed by atoms with van der Waals surface area (Å²) in [5.74, 6) is 0. The molecule has 3 nitrogen and oxygen atoms in total. The number of fused-ring (bicyclic) bond motifs is 1. The maximum atomic E-state index is 11.5. The van der Waals surface area contributed by atoms with Gasteiger partial charge >= 0.3 is 0 Å². The van der Waals surface area contributed by atoms with Crippen molar-refractivity contribution in [2.45, 2.75) is 30.1 Å². The molecule has 0 spiro atoms. The zero-order valence-electron chi connectivity index (χ0n) is 15.4. The molecule has 3 aromatic carbocycles. The van der Waals surface area contributed by atoms with Gasteiger partial charge in [0.05, 0.1) is 5.60 Å². The molecule has 0 saturated heterocycles. The van der Waals surface area contributed by atoms with E-state index in [2.05, 4.69) is 12.6 Å². The van der Waals surface area contributed by atoms with Crippen LogP contribution in [0.15, 0.2) is 84.9 Å². The number of hydrogen-bond acceptors (Lipinski definition) is 3. The molecule has 0 heterocycles. The molecule has 3 heteroatoms. The van der Waals surface area contributed by atoms with Crippen LogP contribution in [0, 0.1) is 0 Å². The first-order valence-corrected chi connectivity index (χ1v) is 9.17. The Morgan fingerprint density at radius 3 is 2.30 bits per heavy atom. The van der Waals surface area contributed by atoms with Crippen LogP contribution in [-0.2, 0) is 15.9 Å². The van der Waals surface area contributed by atoms with Gasteiger partial charge in [-0.2, -0.15) is 0 Å². The summed E-state index contributed by atoms with van der Waals surface area (Å²) >= 11 is 0. The molecule has 1 saturated carbocycles. The molecule has 0 amide bonds. The van der Waals surface area contributed by atoms with Crippen molar-refractivity contribution in [3.8, 4) is 0 Å². The van der Waals surface area contributed by atoms with Crippen LogP contribution in [0.2, 0.25) is 0 Å². The molecule has 1 fully saturated rings. The first-order chi connectivity index (χ1) is 13.0. The predicted molar refractivity (Wildman–Crippen MR) is 107 cm³/mol. The highest BCUT2D eigenvalue weighted by atomic mass is 16.5. The van der Waals surface area contributed by atoms with Crippen molar-refractivity contribution >= 4 is 10.8 Å². The molecular formula is C24H24O3. The molecule has 3 atom stereocenters. The van der Waals surface area contributed by atoms with Crippen molar-refractivity contribution in [1.29, 1.82) is 0 Å². The van der Waals surface area contributed by atoms with E-state index in [1.165, 1.54) is 0 Å². The summed E-state index contributed by atoms with van der Waals surface area (Å²) in [4.78, 5) is 0. The third-order valence-electron chi connectivity index (χ3n) is 5.82. The van der Waals surface area contributed by atoms with Crippen LogP contribution < -0.4 is 0 Å². The van der Waals surface area contributed by atoms with Crippen LogP contribution in [0.5, 0.6) is 0 Å². The molecule has 2 N–H and O–H groups in total. The summed E-state index contributed by atoms with van der Waals surface area (Å²) in [7, 11) is 1.59. The van der Waals surface area contributed by atoms with Crippen LogP contribution in [-0.4, -0.2) is 23.4 Å². The highest BCUT2D eigenvalue weighted by molar-refractivity contribution is 5.83. The van der Waals surface area contributed by atoms with Gasteiger partial charge in [-0.25, -0.2) is 0 Å². The fraction of sp³-hybridized carbons (Fsp3) is 0.250. The van der Waals surface area contributed by atoms with Gasteiger partial charge in [-0.1, -0.05) is 73.3 Å². The number of hydrogen-bond donors (Lipinski definition) is 2. The Kier molecular flexibility index (Phi) is 4.39. The lowest BCUT2D eigenvalue weighted by Crippen LogP contribution is -2.53. The van der Waals surface area contributed by atoms with Gasteiger partial charge in [0.2, 0.25) is 0 Å². The standard InChI is InChI=1S/C24H24O3/c1-17-15-23(26,20-10-4-3-5-11-20)16-24(27-2,22(17)25)21-13-12-18-8-6-7-9-19(18)14-21/h3-14,22,25-26H,1,15-16H2,2H3/t22-,23+,24-/m0/s1. The SMILES string of the molecule is C=C1C[C@](O)(c2ccccc2)C[C@](OC)(c2ccc3ccccc3c2)[C@H]1O. The Bertz CT molecular complexity index is 981. The number of aliphatic hydroxyl groups excluding tert-OH is 1. The molecule has 0 aromatic heterocycles. The molecule has 138 valence electrons. The molecule has 0 unspecified atom stereocenters. The number of benzene rings is 3. The molecule has 0 aliphatic heterocycles. The zero-order valence-corrected chi connectivity index (χ0v) is 15.4. The van der Waals surface area contributed by atoms with E-state index in [0.717, 1.165) is 21.9 Å². The minimum atomic E-state index is -1.15. The van der Waals surface area contributed by atoms with Gasteiger partial charge in [0.25, 0.3) is 0 Å². The second kappa shape index (κ2) is 6.61. The van der Waals surface area contributed by atoms with Gasteiger partial charge in [0.15, 0.2) is 0 Å².